The van der Waals surface area contributed by atoms with Gasteiger partial charge in [0.25, 0.3) is 0 Å². The molecule has 2 heterocycles. The van der Waals surface area contributed by atoms with Crippen LogP contribution in [0.2, 0.25) is 0 Å². The first kappa shape index (κ1) is 32.1. The molecule has 0 spiro atoms. The smallest absolute Gasteiger partial charge is 0.247 e. The van der Waals surface area contributed by atoms with Gasteiger partial charge in [-0.05, 0) is 17.5 Å². The minimum absolute atomic E-state index is 0.218. The Kier molecular flexibility index (Phi) is 9.93. The van der Waals surface area contributed by atoms with E-state index in [0.717, 1.165) is 43.6 Å². The van der Waals surface area contributed by atoms with Crippen molar-refractivity contribution in [3.05, 3.63) is 181 Å². The SMILES string of the molecule is O=C(CN1CCC[N+]2=C1CCC2)c1ccc(-c2ccccc2)cc1.c1ccc([B-](c2ccccc2)(c2ccccc2)c2ccccc2)cc1. The summed E-state index contributed by atoms with van der Waals surface area (Å²) in [6.45, 7) is 3.84. The lowest BCUT2D eigenvalue weighted by molar-refractivity contribution is -0.529. The van der Waals surface area contributed by atoms with E-state index in [9.17, 15) is 4.79 Å². The van der Waals surface area contributed by atoms with E-state index in [1.54, 1.807) is 0 Å². The maximum atomic E-state index is 12.7. The van der Waals surface area contributed by atoms with Gasteiger partial charge < -0.3 is 0 Å². The van der Waals surface area contributed by atoms with Crippen LogP contribution in [0.1, 0.15) is 29.6 Å². The molecule has 0 aromatic heterocycles. The number of hydrogen-bond acceptors (Lipinski definition) is 2. The fourth-order valence-corrected chi connectivity index (χ4v) is 7.93. The molecule has 6 aromatic rings. The summed E-state index contributed by atoms with van der Waals surface area (Å²) >= 11 is 0. The first-order valence-corrected chi connectivity index (χ1v) is 17.7. The van der Waals surface area contributed by atoms with Crippen LogP contribution in [0.3, 0.4) is 0 Å². The molecule has 6 aromatic carbocycles. The topological polar surface area (TPSA) is 23.3 Å². The average molecular weight is 639 g/mol. The van der Waals surface area contributed by atoms with Crippen LogP contribution in [0.25, 0.3) is 11.1 Å². The molecule has 49 heavy (non-hydrogen) atoms. The van der Waals surface area contributed by atoms with Crippen LogP contribution < -0.4 is 21.9 Å². The van der Waals surface area contributed by atoms with Gasteiger partial charge in [-0.3, -0.25) is 14.3 Å². The minimum Gasteiger partial charge on any atom is -0.290 e. The average Bonchev–Trinajstić information content (AvgIpc) is 3.68. The Labute approximate surface area is 291 Å². The monoisotopic (exact) mass is 638 g/mol. The lowest BCUT2D eigenvalue weighted by atomic mass is 9.13. The zero-order valence-electron chi connectivity index (χ0n) is 28.1. The van der Waals surface area contributed by atoms with Crippen LogP contribution in [-0.2, 0) is 0 Å². The van der Waals surface area contributed by atoms with Gasteiger partial charge >= 0.3 is 0 Å². The number of Topliss-reactive ketones (excluding diaryl/α,β-unsaturated/α-hetero) is 1. The number of carbonyl (C=O) groups excluding carboxylic acids is 1. The Morgan fingerprint density at radius 3 is 1.39 bits per heavy atom. The summed E-state index contributed by atoms with van der Waals surface area (Å²) in [6.07, 6.45) is 2.29. The fraction of sp³-hybridized carbons (Fsp3) is 0.156. The van der Waals surface area contributed by atoms with E-state index in [4.69, 9.17) is 0 Å². The van der Waals surface area contributed by atoms with Crippen molar-refractivity contribution in [3.8, 4) is 11.1 Å². The molecule has 0 saturated carbocycles. The van der Waals surface area contributed by atoms with Crippen molar-refractivity contribution in [1.82, 2.24) is 4.90 Å². The van der Waals surface area contributed by atoms with Crippen LogP contribution in [-0.4, -0.2) is 53.4 Å². The van der Waals surface area contributed by atoms with Gasteiger partial charge in [0.2, 0.25) is 11.6 Å². The first-order chi connectivity index (χ1) is 24.2. The minimum atomic E-state index is -1.22. The summed E-state index contributed by atoms with van der Waals surface area (Å²) in [6, 6.07) is 61.8. The largest absolute Gasteiger partial charge is 0.290 e. The van der Waals surface area contributed by atoms with Gasteiger partial charge in [0.1, 0.15) is 12.7 Å². The molecule has 0 amide bonds. The third-order valence-corrected chi connectivity index (χ3v) is 10.3. The summed E-state index contributed by atoms with van der Waals surface area (Å²) in [7, 11) is 0. The summed E-state index contributed by atoms with van der Waals surface area (Å²) in [4.78, 5) is 15.0. The standard InChI is InChI=1S/C24H20B.C21H23N2O/c1-5-13-21(14-6-1)25(22-15-7-2-8-16-22,23-17-9-3-10-18-23)24-19-11-4-12-20-24;24-20(16-23-15-5-14-22-13-4-8-21(22)23)19-11-9-18(10-12-19)17-6-2-1-3-7-17/h1-20H;1-3,6-7,9-12H,4-5,8,13-16H2/q-1;+1. The van der Waals surface area contributed by atoms with Crippen molar-refractivity contribution >= 4 is 39.6 Å². The molecule has 242 valence electrons. The zero-order valence-corrected chi connectivity index (χ0v) is 28.1. The second kappa shape index (κ2) is 15.2. The van der Waals surface area contributed by atoms with Crippen molar-refractivity contribution in [2.45, 2.75) is 19.3 Å². The quantitative estimate of drug-likeness (QED) is 0.108. The number of nitrogens with zero attached hydrogens (tertiary/aromatic N) is 2. The third kappa shape index (κ3) is 6.91. The number of ketones is 1. The van der Waals surface area contributed by atoms with E-state index in [1.165, 1.54) is 39.7 Å². The highest BCUT2D eigenvalue weighted by Gasteiger charge is 2.33. The normalized spacial score (nSPS) is 14.1. The van der Waals surface area contributed by atoms with Crippen LogP contribution in [0, 0.1) is 0 Å². The van der Waals surface area contributed by atoms with Crippen LogP contribution in [0.15, 0.2) is 176 Å². The first-order valence-electron chi connectivity index (χ1n) is 17.7. The molecule has 0 saturated heterocycles. The Bertz CT molecular complexity index is 1810. The number of rotatable bonds is 8. The van der Waals surface area contributed by atoms with Crippen molar-refractivity contribution in [3.63, 3.8) is 0 Å². The molecular formula is C45H43BN2O. The molecule has 0 N–H and O–H groups in total. The molecule has 0 aliphatic carbocycles. The Hall–Kier alpha value is -5.48. The van der Waals surface area contributed by atoms with E-state index in [1.807, 2.05) is 42.5 Å². The second-order valence-corrected chi connectivity index (χ2v) is 13.2. The lowest BCUT2D eigenvalue weighted by Gasteiger charge is -2.44. The fourth-order valence-electron chi connectivity index (χ4n) is 7.93. The van der Waals surface area contributed by atoms with Crippen molar-refractivity contribution in [1.29, 1.82) is 0 Å². The summed E-state index contributed by atoms with van der Waals surface area (Å²) < 4.78 is 2.45. The van der Waals surface area contributed by atoms with E-state index < -0.39 is 6.15 Å². The van der Waals surface area contributed by atoms with Crippen molar-refractivity contribution in [2.24, 2.45) is 0 Å². The number of carbonyl (C=O) groups is 1. The van der Waals surface area contributed by atoms with Gasteiger partial charge in [0, 0.05) is 12.0 Å². The summed E-state index contributed by atoms with van der Waals surface area (Å²) in [5.74, 6) is 1.60. The highest BCUT2D eigenvalue weighted by Crippen LogP contribution is 2.20. The van der Waals surface area contributed by atoms with E-state index in [2.05, 4.69) is 143 Å². The maximum absolute atomic E-state index is 12.7. The van der Waals surface area contributed by atoms with Crippen molar-refractivity contribution < 1.29 is 9.37 Å². The Morgan fingerprint density at radius 2 is 0.918 bits per heavy atom. The van der Waals surface area contributed by atoms with Gasteiger partial charge in [0.05, 0.1) is 26.1 Å². The summed E-state index contributed by atoms with van der Waals surface area (Å²) in [5, 5.41) is 0. The second-order valence-electron chi connectivity index (χ2n) is 13.2. The Balaban J connectivity index is 0.000000154. The number of amidine groups is 1. The molecule has 2 aliphatic heterocycles. The number of hydrogen-bond donors (Lipinski definition) is 0. The third-order valence-electron chi connectivity index (χ3n) is 10.3. The predicted molar refractivity (Wildman–Crippen MR) is 207 cm³/mol. The molecule has 3 nitrogen and oxygen atoms in total. The molecule has 4 heteroatoms. The van der Waals surface area contributed by atoms with E-state index >= 15 is 0 Å². The van der Waals surface area contributed by atoms with Gasteiger partial charge in [0.15, 0.2) is 0 Å². The Morgan fingerprint density at radius 1 is 0.510 bits per heavy atom. The van der Waals surface area contributed by atoms with Crippen LogP contribution in [0.5, 0.6) is 0 Å². The molecule has 0 bridgehead atoms. The van der Waals surface area contributed by atoms with Crippen LogP contribution >= 0.6 is 0 Å². The molecular weight excluding hydrogens is 595 g/mol. The molecule has 2 aliphatic rings. The molecule has 8 rings (SSSR count). The lowest BCUT2D eigenvalue weighted by Crippen LogP contribution is -2.74. The van der Waals surface area contributed by atoms with Gasteiger partial charge in [-0.15, -0.1) is 0 Å². The highest BCUT2D eigenvalue weighted by molar-refractivity contribution is 7.19. The summed E-state index contributed by atoms with van der Waals surface area (Å²) in [5.41, 5.74) is 8.51. The number of benzene rings is 6. The van der Waals surface area contributed by atoms with Gasteiger partial charge in [-0.2, -0.15) is 21.9 Å². The van der Waals surface area contributed by atoms with Gasteiger partial charge in [-0.1, -0.05) is 176 Å². The van der Waals surface area contributed by atoms with Gasteiger partial charge in [-0.25, -0.2) is 0 Å². The molecule has 0 radical (unpaired) electrons. The van der Waals surface area contributed by atoms with E-state index in [-0.39, 0.29) is 5.78 Å². The zero-order chi connectivity index (χ0) is 33.3. The molecule has 0 fully saturated rings. The molecule has 0 atom stereocenters. The predicted octanol–water partition coefficient (Wildman–Crippen LogP) is 6.51. The van der Waals surface area contributed by atoms with Crippen molar-refractivity contribution in [2.75, 3.05) is 26.2 Å². The highest BCUT2D eigenvalue weighted by atomic mass is 16.1. The van der Waals surface area contributed by atoms with E-state index in [0.29, 0.717) is 6.54 Å². The maximum Gasteiger partial charge on any atom is 0.247 e. The molecule has 0 unspecified atom stereocenters. The van der Waals surface area contributed by atoms with Crippen LogP contribution in [0.4, 0.5) is 0 Å².